The van der Waals surface area contributed by atoms with Crippen LogP contribution in [0.15, 0.2) is 12.7 Å². The minimum atomic E-state index is -5.06. The number of alkyl carbamates (subject to hydrolysis) is 1. The van der Waals surface area contributed by atoms with Gasteiger partial charge in [-0.05, 0) is 12.8 Å². The zero-order chi connectivity index (χ0) is 13.5. The topological polar surface area (TPSA) is 75.6 Å². The Morgan fingerprint density at radius 2 is 2.06 bits per heavy atom. The molecule has 0 aliphatic carbocycles. The van der Waals surface area contributed by atoms with E-state index in [0.29, 0.717) is 12.8 Å². The summed E-state index contributed by atoms with van der Waals surface area (Å²) in [6.07, 6.45) is -3.99. The van der Waals surface area contributed by atoms with Crippen LogP contribution in [0.1, 0.15) is 12.8 Å². The smallest absolute Gasteiger partial charge is 0.419 e. The summed E-state index contributed by atoms with van der Waals surface area (Å²) in [7, 11) is 0. The van der Waals surface area contributed by atoms with Gasteiger partial charge in [-0.2, -0.15) is 13.2 Å². The summed E-state index contributed by atoms with van der Waals surface area (Å²) in [5, 5.41) is 9.49. The largest absolute Gasteiger partial charge is 0.479 e. The summed E-state index contributed by atoms with van der Waals surface area (Å²) < 4.78 is 40.7. The first-order valence-corrected chi connectivity index (χ1v) is 4.62. The number of hydrogen-bond donors (Lipinski definition) is 2. The zero-order valence-corrected chi connectivity index (χ0v) is 8.79. The molecule has 1 amide bonds. The molecule has 0 radical (unpaired) electrons. The average Bonchev–Trinajstić information content (AvgIpc) is 2.19. The van der Waals surface area contributed by atoms with E-state index in [4.69, 9.17) is 5.11 Å². The summed E-state index contributed by atoms with van der Waals surface area (Å²) in [6, 6.07) is -2.96. The van der Waals surface area contributed by atoms with E-state index < -0.39 is 24.3 Å². The van der Waals surface area contributed by atoms with Crippen LogP contribution in [0.25, 0.3) is 0 Å². The Balaban J connectivity index is 4.15. The highest BCUT2D eigenvalue weighted by atomic mass is 19.4. The molecule has 98 valence electrons. The van der Waals surface area contributed by atoms with Gasteiger partial charge in [0.1, 0.15) is 0 Å². The van der Waals surface area contributed by atoms with E-state index in [1.807, 2.05) is 0 Å². The summed E-state index contributed by atoms with van der Waals surface area (Å²) in [6.45, 7) is 3.29. The van der Waals surface area contributed by atoms with Crippen molar-refractivity contribution in [3.63, 3.8) is 0 Å². The quantitative estimate of drug-likeness (QED) is 0.559. The third-order valence-electron chi connectivity index (χ3n) is 1.62. The van der Waals surface area contributed by atoms with Crippen molar-refractivity contribution in [2.75, 3.05) is 6.61 Å². The van der Waals surface area contributed by atoms with Gasteiger partial charge in [-0.1, -0.05) is 6.08 Å². The van der Waals surface area contributed by atoms with Crippen molar-refractivity contribution in [3.8, 4) is 0 Å². The lowest BCUT2D eigenvalue weighted by Gasteiger charge is -2.17. The van der Waals surface area contributed by atoms with Crippen molar-refractivity contribution >= 4 is 12.1 Å². The van der Waals surface area contributed by atoms with Crippen molar-refractivity contribution in [2.24, 2.45) is 0 Å². The Morgan fingerprint density at radius 3 is 2.47 bits per heavy atom. The van der Waals surface area contributed by atoms with Gasteiger partial charge in [-0.15, -0.1) is 6.58 Å². The first kappa shape index (κ1) is 15.3. The van der Waals surface area contributed by atoms with Crippen LogP contribution in [0.4, 0.5) is 18.0 Å². The highest BCUT2D eigenvalue weighted by Crippen LogP contribution is 2.20. The Kier molecular flexibility index (Phi) is 6.08. The maximum atomic E-state index is 12.1. The maximum Gasteiger partial charge on any atom is 0.419 e. The summed E-state index contributed by atoms with van der Waals surface area (Å²) >= 11 is 0. The molecular weight excluding hydrogens is 243 g/mol. The predicted octanol–water partition coefficient (Wildman–Crippen LogP) is 1.69. The molecule has 0 spiro atoms. The molecule has 0 aromatic rings. The summed E-state index contributed by atoms with van der Waals surface area (Å²) in [4.78, 5) is 21.1. The number of carboxylic acids is 1. The molecule has 0 heterocycles. The van der Waals surface area contributed by atoms with E-state index in [9.17, 15) is 22.8 Å². The van der Waals surface area contributed by atoms with Gasteiger partial charge in [0.15, 0.2) is 0 Å². The average molecular weight is 255 g/mol. The summed E-state index contributed by atoms with van der Waals surface area (Å²) in [5.74, 6) is -2.19. The van der Waals surface area contributed by atoms with Crippen LogP contribution in [0.2, 0.25) is 0 Å². The molecular formula is C9H12F3NO4. The lowest BCUT2D eigenvalue weighted by atomic mass is 10.3. The van der Waals surface area contributed by atoms with Crippen molar-refractivity contribution in [2.45, 2.75) is 25.1 Å². The van der Waals surface area contributed by atoms with Crippen LogP contribution >= 0.6 is 0 Å². The van der Waals surface area contributed by atoms with E-state index in [-0.39, 0.29) is 6.61 Å². The number of unbranched alkanes of at least 4 members (excludes halogenated alkanes) is 1. The monoisotopic (exact) mass is 255 g/mol. The number of nitrogens with one attached hydrogen (secondary N) is 1. The molecule has 0 aromatic carbocycles. The molecule has 0 rings (SSSR count). The lowest BCUT2D eigenvalue weighted by molar-refractivity contribution is -0.178. The standard InChI is InChI=1S/C9H12F3NO4/c1-2-3-4-5-17-8(16)13-6(7(14)15)9(10,11)12/h2,6H,1,3-5H2,(H,13,16)(H,14,15). The SMILES string of the molecule is C=CCCCOC(=O)NC(C(=O)O)C(F)(F)F. The Morgan fingerprint density at radius 1 is 1.47 bits per heavy atom. The number of carbonyl (C=O) groups is 2. The van der Waals surface area contributed by atoms with Gasteiger partial charge in [0.2, 0.25) is 6.04 Å². The highest BCUT2D eigenvalue weighted by Gasteiger charge is 2.46. The number of halogens is 3. The second-order valence-corrected chi connectivity index (χ2v) is 3.02. The number of rotatable bonds is 6. The van der Waals surface area contributed by atoms with Gasteiger partial charge in [0, 0.05) is 0 Å². The van der Waals surface area contributed by atoms with Gasteiger partial charge in [-0.3, -0.25) is 5.32 Å². The Labute approximate surface area is 95.2 Å². The number of carboxylic acid groups (broad SMARTS) is 1. The molecule has 0 aromatic heterocycles. The number of allylic oxidation sites excluding steroid dienone is 1. The van der Waals surface area contributed by atoms with Gasteiger partial charge in [-0.25, -0.2) is 9.59 Å². The number of aliphatic carboxylic acids is 1. The van der Waals surface area contributed by atoms with Crippen LogP contribution in [-0.2, 0) is 9.53 Å². The van der Waals surface area contributed by atoms with Gasteiger partial charge < -0.3 is 9.84 Å². The molecule has 2 N–H and O–H groups in total. The molecule has 1 atom stereocenters. The van der Waals surface area contributed by atoms with Gasteiger partial charge in [0.25, 0.3) is 0 Å². The Hall–Kier alpha value is -1.73. The number of carbonyl (C=O) groups excluding carboxylic acids is 1. The molecule has 0 bridgehead atoms. The van der Waals surface area contributed by atoms with E-state index in [0.717, 1.165) is 0 Å². The van der Waals surface area contributed by atoms with E-state index >= 15 is 0 Å². The third-order valence-corrected chi connectivity index (χ3v) is 1.62. The third kappa shape index (κ3) is 6.44. The fourth-order valence-corrected chi connectivity index (χ4v) is 0.836. The number of ether oxygens (including phenoxy) is 1. The molecule has 0 fully saturated rings. The van der Waals surface area contributed by atoms with Crippen molar-refractivity contribution < 1.29 is 32.6 Å². The van der Waals surface area contributed by atoms with Crippen LogP contribution in [-0.4, -0.2) is 36.0 Å². The number of alkyl halides is 3. The minimum Gasteiger partial charge on any atom is -0.479 e. The van der Waals surface area contributed by atoms with E-state index in [1.54, 1.807) is 6.08 Å². The van der Waals surface area contributed by atoms with Gasteiger partial charge in [0.05, 0.1) is 6.61 Å². The number of hydrogen-bond acceptors (Lipinski definition) is 3. The van der Waals surface area contributed by atoms with Crippen molar-refractivity contribution in [1.29, 1.82) is 0 Å². The lowest BCUT2D eigenvalue weighted by Crippen LogP contribution is -2.50. The predicted molar refractivity (Wildman–Crippen MR) is 51.4 cm³/mol. The number of amides is 1. The van der Waals surface area contributed by atoms with E-state index in [1.165, 1.54) is 5.32 Å². The van der Waals surface area contributed by atoms with Crippen molar-refractivity contribution in [1.82, 2.24) is 5.32 Å². The maximum absolute atomic E-state index is 12.1. The first-order valence-electron chi connectivity index (χ1n) is 4.62. The molecule has 1 unspecified atom stereocenters. The molecule has 17 heavy (non-hydrogen) atoms. The van der Waals surface area contributed by atoms with Crippen molar-refractivity contribution in [3.05, 3.63) is 12.7 Å². The fourth-order valence-electron chi connectivity index (χ4n) is 0.836. The Bertz CT molecular complexity index is 290. The molecule has 0 aliphatic rings. The molecule has 0 saturated heterocycles. The molecule has 0 saturated carbocycles. The second-order valence-electron chi connectivity index (χ2n) is 3.02. The van der Waals surface area contributed by atoms with Crippen LogP contribution in [0.3, 0.4) is 0 Å². The molecule has 8 heteroatoms. The van der Waals surface area contributed by atoms with E-state index in [2.05, 4.69) is 11.3 Å². The minimum absolute atomic E-state index is 0.109. The van der Waals surface area contributed by atoms with Crippen LogP contribution < -0.4 is 5.32 Å². The van der Waals surface area contributed by atoms with Crippen LogP contribution in [0.5, 0.6) is 0 Å². The second kappa shape index (κ2) is 6.77. The zero-order valence-electron chi connectivity index (χ0n) is 8.79. The highest BCUT2D eigenvalue weighted by molar-refractivity contribution is 5.80. The van der Waals surface area contributed by atoms with Gasteiger partial charge >= 0.3 is 18.2 Å². The molecule has 0 aliphatic heterocycles. The molecule has 5 nitrogen and oxygen atoms in total. The normalized spacial score (nSPS) is 12.6. The fraction of sp³-hybridized carbons (Fsp3) is 0.556. The summed E-state index contributed by atoms with van der Waals surface area (Å²) in [5.41, 5.74) is 0. The van der Waals surface area contributed by atoms with Crippen LogP contribution in [0, 0.1) is 0 Å². The first-order chi connectivity index (χ1) is 7.79.